The minimum atomic E-state index is 0.384. The van der Waals surface area contributed by atoms with E-state index in [1.165, 1.54) is 0 Å². The van der Waals surface area contributed by atoms with Crippen LogP contribution in [0.25, 0.3) is 22.6 Å². The normalized spacial score (nSPS) is 10.7. The lowest BCUT2D eigenvalue weighted by atomic mass is 10.1. The van der Waals surface area contributed by atoms with Crippen LogP contribution in [0.4, 0.5) is 0 Å². The van der Waals surface area contributed by atoms with Crippen molar-refractivity contribution < 1.29 is 4.42 Å². The van der Waals surface area contributed by atoms with Crippen molar-refractivity contribution in [1.82, 2.24) is 4.98 Å². The highest BCUT2D eigenvalue weighted by atomic mass is 35.5. The third kappa shape index (κ3) is 2.36. The summed E-state index contributed by atoms with van der Waals surface area (Å²) < 4.78 is 5.67. The largest absolute Gasteiger partial charge is 0.435 e. The van der Waals surface area contributed by atoms with Crippen molar-refractivity contribution in [2.75, 3.05) is 0 Å². The Kier molecular flexibility index (Phi) is 3.35. The van der Waals surface area contributed by atoms with Crippen molar-refractivity contribution in [3.63, 3.8) is 0 Å². The molecule has 1 aromatic heterocycles. The summed E-state index contributed by atoms with van der Waals surface area (Å²) in [7, 11) is 0. The Balaban J connectivity index is 2.06. The summed E-state index contributed by atoms with van der Waals surface area (Å²) in [6, 6.07) is 12.9. The Hall–Kier alpha value is -2.02. The number of fused-ring (bicyclic) bond motifs is 1. The lowest BCUT2D eigenvalue weighted by Crippen LogP contribution is -1.82. The van der Waals surface area contributed by atoms with E-state index < -0.39 is 0 Å². The van der Waals surface area contributed by atoms with Gasteiger partial charge < -0.3 is 4.42 Å². The van der Waals surface area contributed by atoms with Gasteiger partial charge in [-0.1, -0.05) is 35.3 Å². The molecule has 0 aliphatic carbocycles. The first-order valence-corrected chi connectivity index (χ1v) is 6.65. The first kappa shape index (κ1) is 13.0. The van der Waals surface area contributed by atoms with Crippen LogP contribution in [0.15, 0.2) is 40.8 Å². The molecule has 0 saturated carbocycles. The molecule has 0 fully saturated rings. The van der Waals surface area contributed by atoms with Crippen molar-refractivity contribution in [2.45, 2.75) is 6.42 Å². The lowest BCUT2D eigenvalue weighted by molar-refractivity contribution is 0.620. The van der Waals surface area contributed by atoms with Crippen LogP contribution in [0.5, 0.6) is 0 Å². The minimum Gasteiger partial charge on any atom is -0.435 e. The summed E-state index contributed by atoms with van der Waals surface area (Å²) in [5.74, 6) is 0.479. The quantitative estimate of drug-likeness (QED) is 0.678. The lowest BCUT2D eigenvalue weighted by Gasteiger charge is -1.97. The van der Waals surface area contributed by atoms with Crippen LogP contribution in [0.2, 0.25) is 10.0 Å². The SMILES string of the molecule is N#CCc1ccc(-c2nc3cc(Cl)cc(Cl)c3o2)cc1. The molecule has 3 aromatic rings. The van der Waals surface area contributed by atoms with Gasteiger partial charge in [-0.2, -0.15) is 5.26 Å². The van der Waals surface area contributed by atoms with E-state index in [2.05, 4.69) is 11.1 Å². The molecular formula is C15H8Cl2N2O. The molecule has 0 aliphatic heterocycles. The summed E-state index contributed by atoms with van der Waals surface area (Å²) in [5, 5.41) is 9.61. The fraction of sp³-hybridized carbons (Fsp3) is 0.0667. The molecule has 1 heterocycles. The molecule has 0 bridgehead atoms. The van der Waals surface area contributed by atoms with Gasteiger partial charge in [0.2, 0.25) is 5.89 Å². The third-order valence-corrected chi connectivity index (χ3v) is 3.39. The molecule has 0 unspecified atom stereocenters. The van der Waals surface area contributed by atoms with Crippen LogP contribution in [-0.4, -0.2) is 4.98 Å². The zero-order valence-corrected chi connectivity index (χ0v) is 11.7. The van der Waals surface area contributed by atoms with Gasteiger partial charge in [-0.15, -0.1) is 0 Å². The van der Waals surface area contributed by atoms with E-state index in [0.717, 1.165) is 11.1 Å². The number of nitrogens with zero attached hydrogens (tertiary/aromatic N) is 2. The predicted molar refractivity (Wildman–Crippen MR) is 78.8 cm³/mol. The molecule has 0 radical (unpaired) electrons. The maximum atomic E-state index is 8.65. The number of hydrogen-bond acceptors (Lipinski definition) is 3. The van der Waals surface area contributed by atoms with Crippen LogP contribution in [0, 0.1) is 11.3 Å². The van der Waals surface area contributed by atoms with E-state index in [9.17, 15) is 0 Å². The molecule has 0 saturated heterocycles. The zero-order chi connectivity index (χ0) is 14.1. The van der Waals surface area contributed by atoms with E-state index in [1.54, 1.807) is 12.1 Å². The summed E-state index contributed by atoms with van der Waals surface area (Å²) >= 11 is 12.0. The number of oxazole rings is 1. The summed E-state index contributed by atoms with van der Waals surface area (Å²) in [6.45, 7) is 0. The van der Waals surface area contributed by atoms with Gasteiger partial charge >= 0.3 is 0 Å². The molecule has 3 rings (SSSR count). The van der Waals surface area contributed by atoms with Crippen molar-refractivity contribution >= 4 is 34.3 Å². The third-order valence-electron chi connectivity index (χ3n) is 2.89. The molecule has 0 amide bonds. The van der Waals surface area contributed by atoms with Gasteiger partial charge in [-0.05, 0) is 29.8 Å². The molecule has 0 N–H and O–H groups in total. The second-order valence-corrected chi connectivity index (χ2v) is 5.13. The highest BCUT2D eigenvalue weighted by molar-refractivity contribution is 6.38. The molecular weight excluding hydrogens is 295 g/mol. The van der Waals surface area contributed by atoms with E-state index >= 15 is 0 Å². The van der Waals surface area contributed by atoms with Gasteiger partial charge in [0.25, 0.3) is 0 Å². The fourth-order valence-electron chi connectivity index (χ4n) is 1.94. The first-order chi connectivity index (χ1) is 9.67. The van der Waals surface area contributed by atoms with E-state index in [0.29, 0.717) is 33.5 Å². The highest BCUT2D eigenvalue weighted by Crippen LogP contribution is 2.31. The second kappa shape index (κ2) is 5.16. The Bertz CT molecular complexity index is 816. The van der Waals surface area contributed by atoms with Crippen molar-refractivity contribution in [3.8, 4) is 17.5 Å². The molecule has 3 nitrogen and oxygen atoms in total. The fourth-order valence-corrected chi connectivity index (χ4v) is 2.46. The number of benzene rings is 2. The number of rotatable bonds is 2. The minimum absolute atomic E-state index is 0.384. The summed E-state index contributed by atoms with van der Waals surface area (Å²) in [6.07, 6.45) is 0.384. The smallest absolute Gasteiger partial charge is 0.227 e. The van der Waals surface area contributed by atoms with Crippen molar-refractivity contribution in [2.24, 2.45) is 0 Å². The van der Waals surface area contributed by atoms with Gasteiger partial charge in [-0.25, -0.2) is 4.98 Å². The molecule has 5 heteroatoms. The number of halogens is 2. The molecule has 0 aliphatic rings. The second-order valence-electron chi connectivity index (χ2n) is 4.29. The van der Waals surface area contributed by atoms with Crippen LogP contribution in [-0.2, 0) is 6.42 Å². The average molecular weight is 303 g/mol. The average Bonchev–Trinajstić information content (AvgIpc) is 2.84. The highest BCUT2D eigenvalue weighted by Gasteiger charge is 2.12. The molecule has 20 heavy (non-hydrogen) atoms. The van der Waals surface area contributed by atoms with Gasteiger partial charge in [0.1, 0.15) is 5.52 Å². The van der Waals surface area contributed by atoms with Crippen LogP contribution in [0.3, 0.4) is 0 Å². The number of nitriles is 1. The van der Waals surface area contributed by atoms with Crippen LogP contribution < -0.4 is 0 Å². The zero-order valence-electron chi connectivity index (χ0n) is 10.2. The molecule has 2 aromatic carbocycles. The van der Waals surface area contributed by atoms with Crippen LogP contribution in [0.1, 0.15) is 5.56 Å². The van der Waals surface area contributed by atoms with Gasteiger partial charge in [0, 0.05) is 10.6 Å². The maximum absolute atomic E-state index is 8.65. The van der Waals surface area contributed by atoms with Crippen molar-refractivity contribution in [1.29, 1.82) is 5.26 Å². The molecule has 98 valence electrons. The van der Waals surface area contributed by atoms with Crippen LogP contribution >= 0.6 is 23.2 Å². The number of aromatic nitrogens is 1. The monoisotopic (exact) mass is 302 g/mol. The maximum Gasteiger partial charge on any atom is 0.227 e. The first-order valence-electron chi connectivity index (χ1n) is 5.89. The van der Waals surface area contributed by atoms with Crippen molar-refractivity contribution in [3.05, 3.63) is 52.0 Å². The topological polar surface area (TPSA) is 49.8 Å². The van der Waals surface area contributed by atoms with Gasteiger partial charge in [0.15, 0.2) is 5.58 Å². The Morgan fingerprint density at radius 3 is 2.60 bits per heavy atom. The van der Waals surface area contributed by atoms with E-state index in [4.69, 9.17) is 32.9 Å². The number of hydrogen-bond donors (Lipinski definition) is 0. The predicted octanol–water partition coefficient (Wildman–Crippen LogP) is 4.87. The Morgan fingerprint density at radius 1 is 1.15 bits per heavy atom. The van der Waals surface area contributed by atoms with Gasteiger partial charge in [-0.3, -0.25) is 0 Å². The standard InChI is InChI=1S/C15H8Cl2N2O/c16-11-7-12(17)14-13(8-11)19-15(20-14)10-3-1-9(2-4-10)5-6-18/h1-4,7-8H,5H2. The molecule has 0 spiro atoms. The Labute approximate surface area is 125 Å². The van der Waals surface area contributed by atoms with Gasteiger partial charge in [0.05, 0.1) is 17.5 Å². The molecule has 0 atom stereocenters. The Morgan fingerprint density at radius 2 is 1.90 bits per heavy atom. The van der Waals surface area contributed by atoms with E-state index in [1.807, 2.05) is 24.3 Å². The summed E-state index contributed by atoms with van der Waals surface area (Å²) in [5.41, 5.74) is 2.93. The van der Waals surface area contributed by atoms with E-state index in [-0.39, 0.29) is 0 Å². The summed E-state index contributed by atoms with van der Waals surface area (Å²) in [4.78, 5) is 4.38.